The molecule has 0 fully saturated rings. The van der Waals surface area contributed by atoms with Crippen LogP contribution in [-0.4, -0.2) is 52.0 Å². The molecule has 0 aliphatic rings. The van der Waals surface area contributed by atoms with Crippen LogP contribution in [0, 0.1) is 10.1 Å². The molecule has 2 aromatic carbocycles. The number of amides is 1. The zero-order chi connectivity index (χ0) is 25.1. The number of nitro groups is 1. The summed E-state index contributed by atoms with van der Waals surface area (Å²) in [7, 11) is 0. The molecule has 2 aromatic rings. The van der Waals surface area contributed by atoms with Crippen molar-refractivity contribution in [2.24, 2.45) is 0 Å². The van der Waals surface area contributed by atoms with Crippen molar-refractivity contribution >= 4 is 52.8 Å². The van der Waals surface area contributed by atoms with E-state index in [0.29, 0.717) is 0 Å². The highest BCUT2D eigenvalue weighted by molar-refractivity contribution is 6.53. The Hall–Kier alpha value is -3.47. The largest absolute Gasteiger partial charge is 0.461 e. The van der Waals surface area contributed by atoms with Crippen molar-refractivity contribution in [3.63, 3.8) is 0 Å². The molecule has 180 valence electrons. The average molecular weight is 511 g/mol. The van der Waals surface area contributed by atoms with E-state index in [4.69, 9.17) is 32.7 Å². The van der Waals surface area contributed by atoms with Gasteiger partial charge in [0.2, 0.25) is 0 Å². The van der Waals surface area contributed by atoms with Gasteiger partial charge in [0, 0.05) is 18.2 Å². The molecule has 10 nitrogen and oxygen atoms in total. The van der Waals surface area contributed by atoms with Gasteiger partial charge in [-0.2, -0.15) is 0 Å². The van der Waals surface area contributed by atoms with Crippen molar-refractivity contribution in [2.75, 3.05) is 13.2 Å². The maximum Gasteiger partial charge on any atom is 0.344 e. The van der Waals surface area contributed by atoms with E-state index in [1.54, 1.807) is 24.3 Å². The fourth-order valence-corrected chi connectivity index (χ4v) is 2.74. The zero-order valence-corrected chi connectivity index (χ0v) is 19.0. The molecule has 0 aromatic heterocycles. The number of benzene rings is 2. The van der Waals surface area contributed by atoms with Crippen molar-refractivity contribution in [2.45, 2.75) is 17.0 Å². The van der Waals surface area contributed by atoms with Crippen molar-refractivity contribution in [3.05, 3.63) is 81.9 Å². The molecule has 0 spiro atoms. The number of carbonyl (C=O) groups is 3. The van der Waals surface area contributed by atoms with E-state index in [-0.39, 0.29) is 11.3 Å². The predicted octanol–water partition coefficient (Wildman–Crippen LogP) is 2.72. The summed E-state index contributed by atoms with van der Waals surface area (Å²) in [4.78, 5) is 44.3. The van der Waals surface area contributed by atoms with Crippen molar-refractivity contribution in [3.8, 4) is 0 Å². The Morgan fingerprint density at radius 3 is 2.29 bits per heavy atom. The lowest BCUT2D eigenvalue weighted by Crippen LogP contribution is -2.45. The van der Waals surface area contributed by atoms with E-state index < -0.39 is 53.0 Å². The maximum atomic E-state index is 12.0. The van der Waals surface area contributed by atoms with Crippen LogP contribution >= 0.6 is 23.2 Å². The number of carbonyl (C=O) groups excluding carboxylic acids is 3. The third kappa shape index (κ3) is 8.81. The van der Waals surface area contributed by atoms with Crippen molar-refractivity contribution in [1.29, 1.82) is 0 Å². The first-order chi connectivity index (χ1) is 16.2. The highest BCUT2D eigenvalue weighted by atomic mass is 35.5. The van der Waals surface area contributed by atoms with E-state index >= 15 is 0 Å². The Kier molecular flexibility index (Phi) is 10.5. The van der Waals surface area contributed by atoms with Crippen LogP contribution in [0.5, 0.6) is 0 Å². The number of hydrogen-bond donors (Lipinski definition) is 2. The molecule has 12 heteroatoms. The molecular weight excluding hydrogens is 491 g/mol. The molecule has 2 N–H and O–H groups in total. The number of halogens is 2. The lowest BCUT2D eigenvalue weighted by Gasteiger charge is -2.24. The minimum absolute atomic E-state index is 0.199. The third-order valence-corrected chi connectivity index (χ3v) is 4.72. The summed E-state index contributed by atoms with van der Waals surface area (Å²) in [6, 6.07) is 12.6. The smallest absolute Gasteiger partial charge is 0.344 e. The van der Waals surface area contributed by atoms with Gasteiger partial charge >= 0.3 is 11.9 Å². The minimum Gasteiger partial charge on any atom is -0.461 e. The van der Waals surface area contributed by atoms with Crippen LogP contribution in [0.1, 0.15) is 17.2 Å². The summed E-state index contributed by atoms with van der Waals surface area (Å²) < 4.78 is 9.79. The molecule has 0 saturated carbocycles. The van der Waals surface area contributed by atoms with Gasteiger partial charge in [0.25, 0.3) is 11.6 Å². The maximum absolute atomic E-state index is 12.0. The summed E-state index contributed by atoms with van der Waals surface area (Å²) in [6.45, 7) is -1.24. The van der Waals surface area contributed by atoms with Gasteiger partial charge in [-0.25, -0.2) is 9.59 Å². The molecule has 0 aliphatic carbocycles. The molecule has 2 rings (SSSR count). The van der Waals surface area contributed by atoms with Crippen LogP contribution in [0.15, 0.2) is 60.7 Å². The number of alkyl halides is 2. The van der Waals surface area contributed by atoms with E-state index in [2.05, 4.69) is 5.32 Å². The van der Waals surface area contributed by atoms with Gasteiger partial charge in [-0.3, -0.25) is 14.9 Å². The Labute approximate surface area is 204 Å². The zero-order valence-electron chi connectivity index (χ0n) is 17.5. The predicted molar refractivity (Wildman–Crippen MR) is 123 cm³/mol. The van der Waals surface area contributed by atoms with Gasteiger partial charge in [0.15, 0.2) is 11.4 Å². The summed E-state index contributed by atoms with van der Waals surface area (Å²) in [5.41, 5.74) is 0.760. The molecule has 0 heterocycles. The van der Waals surface area contributed by atoms with Crippen LogP contribution in [-0.2, 0) is 23.9 Å². The van der Waals surface area contributed by atoms with Crippen LogP contribution in [0.2, 0.25) is 0 Å². The fourth-order valence-electron chi connectivity index (χ4n) is 2.61. The normalized spacial score (nSPS) is 12.7. The molecule has 34 heavy (non-hydrogen) atoms. The number of rotatable bonds is 11. The molecule has 0 radical (unpaired) electrons. The number of aliphatic hydroxyl groups excluding tert-OH is 1. The monoisotopic (exact) mass is 510 g/mol. The van der Waals surface area contributed by atoms with Gasteiger partial charge in [-0.1, -0.05) is 53.5 Å². The lowest BCUT2D eigenvalue weighted by molar-refractivity contribution is -0.384. The third-order valence-electron chi connectivity index (χ3n) is 4.32. The number of ether oxygens (including phenoxy) is 2. The number of hydrogen-bond acceptors (Lipinski definition) is 8. The average Bonchev–Trinajstić information content (AvgIpc) is 2.83. The van der Waals surface area contributed by atoms with Gasteiger partial charge in [-0.05, 0) is 29.3 Å². The molecule has 0 aliphatic heterocycles. The number of aliphatic hydroxyl groups is 1. The second kappa shape index (κ2) is 13.3. The van der Waals surface area contributed by atoms with Crippen molar-refractivity contribution < 1.29 is 33.9 Å². The topological polar surface area (TPSA) is 145 Å². The van der Waals surface area contributed by atoms with E-state index in [9.17, 15) is 29.6 Å². The molecule has 2 unspecified atom stereocenters. The van der Waals surface area contributed by atoms with Gasteiger partial charge in [-0.15, -0.1) is 0 Å². The first-order valence-electron chi connectivity index (χ1n) is 9.74. The molecule has 1 amide bonds. The van der Waals surface area contributed by atoms with E-state index in [0.717, 1.165) is 23.8 Å². The van der Waals surface area contributed by atoms with Gasteiger partial charge in [0.05, 0.1) is 11.0 Å². The van der Waals surface area contributed by atoms with Gasteiger partial charge in [0.1, 0.15) is 12.7 Å². The highest BCUT2D eigenvalue weighted by Crippen LogP contribution is 2.21. The molecule has 2 atom stereocenters. The summed E-state index contributed by atoms with van der Waals surface area (Å²) in [6.07, 6.45) is 1.22. The SMILES string of the molecule is O=C(/C=C/c1ccccc1)OCC(=O)OCC(NC(=O)C(Cl)Cl)C(O)c1ccc([N+](=O)[O-])cc1. The summed E-state index contributed by atoms with van der Waals surface area (Å²) >= 11 is 11.0. The first-order valence-corrected chi connectivity index (χ1v) is 10.6. The fraction of sp³-hybridized carbons (Fsp3) is 0.227. The van der Waals surface area contributed by atoms with Crippen LogP contribution in [0.25, 0.3) is 6.08 Å². The van der Waals surface area contributed by atoms with Crippen LogP contribution in [0.3, 0.4) is 0 Å². The first kappa shape index (κ1) is 26.8. The number of nitrogens with zero attached hydrogens (tertiary/aromatic N) is 1. The quantitative estimate of drug-likeness (QED) is 0.154. The number of nitro benzene ring substituents is 1. The minimum atomic E-state index is -1.46. The molecule has 0 bridgehead atoms. The second-order valence-corrected chi connectivity index (χ2v) is 7.84. The van der Waals surface area contributed by atoms with E-state index in [1.165, 1.54) is 18.2 Å². The van der Waals surface area contributed by atoms with Crippen LogP contribution in [0.4, 0.5) is 5.69 Å². The number of esters is 2. The second-order valence-electron chi connectivity index (χ2n) is 6.74. The Morgan fingerprint density at radius 1 is 1.06 bits per heavy atom. The van der Waals surface area contributed by atoms with Crippen molar-refractivity contribution in [1.82, 2.24) is 5.32 Å². The van der Waals surface area contributed by atoms with Crippen LogP contribution < -0.4 is 5.32 Å². The number of non-ortho nitro benzene ring substituents is 1. The van der Waals surface area contributed by atoms with Gasteiger partial charge < -0.3 is 19.9 Å². The Morgan fingerprint density at radius 2 is 1.71 bits per heavy atom. The summed E-state index contributed by atoms with van der Waals surface area (Å²) in [5, 5.41) is 23.7. The Balaban J connectivity index is 1.94. The summed E-state index contributed by atoms with van der Waals surface area (Å²) in [5.74, 6) is -2.57. The highest BCUT2D eigenvalue weighted by Gasteiger charge is 2.27. The standard InChI is InChI=1S/C22H20Cl2N2O8/c23-21(24)22(30)25-17(20(29)15-7-9-16(10-8-15)26(31)32)12-33-19(28)13-34-18(27)11-6-14-4-2-1-3-5-14/h1-11,17,20-21,29H,12-13H2,(H,25,30)/b11-6+. The lowest BCUT2D eigenvalue weighted by atomic mass is 10.0. The molecule has 0 saturated heterocycles. The van der Waals surface area contributed by atoms with E-state index in [1.807, 2.05) is 6.07 Å². The number of nitrogens with one attached hydrogen (secondary N) is 1. The molecular formula is C22H20Cl2N2O8. The Bertz CT molecular complexity index is 1030.